The molecule has 0 saturated carbocycles. The van der Waals surface area contributed by atoms with E-state index in [4.69, 9.17) is 11.6 Å². The molecule has 2 aromatic carbocycles. The third kappa shape index (κ3) is 2.67. The molecule has 94 valence electrons. The maximum absolute atomic E-state index is 12.6. The van der Waals surface area contributed by atoms with Gasteiger partial charge < -0.3 is 0 Å². The maximum atomic E-state index is 12.6. The van der Waals surface area contributed by atoms with E-state index in [2.05, 4.69) is 0 Å². The van der Waals surface area contributed by atoms with Crippen LogP contribution in [0.3, 0.4) is 0 Å². The van der Waals surface area contributed by atoms with E-state index in [1.807, 2.05) is 6.92 Å². The minimum absolute atomic E-state index is 0.541. The van der Waals surface area contributed by atoms with Crippen LogP contribution < -0.4 is 0 Å². The molecule has 0 aliphatic carbocycles. The van der Waals surface area contributed by atoms with Crippen molar-refractivity contribution < 1.29 is 13.2 Å². The summed E-state index contributed by atoms with van der Waals surface area (Å²) < 4.78 is 37.9. The number of alkyl halides is 3. The molecule has 0 heterocycles. The van der Waals surface area contributed by atoms with E-state index in [0.717, 1.165) is 23.3 Å². The summed E-state index contributed by atoms with van der Waals surface area (Å²) in [6.45, 7) is 1.82. The Bertz CT molecular complexity index is 573. The van der Waals surface area contributed by atoms with Crippen molar-refractivity contribution in [3.63, 3.8) is 0 Å². The van der Waals surface area contributed by atoms with Gasteiger partial charge in [0.25, 0.3) is 0 Å². The molecule has 0 fully saturated rings. The van der Waals surface area contributed by atoms with Crippen molar-refractivity contribution in [2.24, 2.45) is 0 Å². The van der Waals surface area contributed by atoms with Gasteiger partial charge in [0.15, 0.2) is 0 Å². The SMILES string of the molecule is Cc1cc(Cl)ccc1-c1cccc(C(F)(F)F)c1. The number of hydrogen-bond donors (Lipinski definition) is 0. The first-order valence-corrected chi connectivity index (χ1v) is 5.69. The van der Waals surface area contributed by atoms with Crippen LogP contribution in [0.15, 0.2) is 42.5 Å². The van der Waals surface area contributed by atoms with Crippen LogP contribution in [0.25, 0.3) is 11.1 Å². The van der Waals surface area contributed by atoms with Crippen LogP contribution in [0.5, 0.6) is 0 Å². The molecule has 0 aliphatic rings. The molecule has 0 atom stereocenters. The summed E-state index contributed by atoms with van der Waals surface area (Å²) in [5.41, 5.74) is 1.50. The van der Waals surface area contributed by atoms with Crippen LogP contribution >= 0.6 is 11.6 Å². The summed E-state index contributed by atoms with van der Waals surface area (Å²) in [6.07, 6.45) is -4.32. The Hall–Kier alpha value is -1.48. The van der Waals surface area contributed by atoms with Crippen molar-refractivity contribution >= 4 is 11.6 Å². The highest BCUT2D eigenvalue weighted by Gasteiger charge is 2.30. The number of rotatable bonds is 1. The van der Waals surface area contributed by atoms with Gasteiger partial charge in [0, 0.05) is 5.02 Å². The Morgan fingerprint density at radius 3 is 2.33 bits per heavy atom. The quantitative estimate of drug-likeness (QED) is 0.657. The monoisotopic (exact) mass is 270 g/mol. The standard InChI is InChI=1S/C14H10ClF3/c1-9-7-12(15)5-6-13(9)10-3-2-4-11(8-10)14(16,17)18/h2-8H,1H3. The van der Waals surface area contributed by atoms with E-state index in [9.17, 15) is 13.2 Å². The summed E-state index contributed by atoms with van der Waals surface area (Å²) in [7, 11) is 0. The van der Waals surface area contributed by atoms with Gasteiger partial charge in [-0.1, -0.05) is 29.8 Å². The van der Waals surface area contributed by atoms with E-state index in [1.165, 1.54) is 6.07 Å². The predicted molar refractivity (Wildman–Crippen MR) is 66.6 cm³/mol. The van der Waals surface area contributed by atoms with Gasteiger partial charge in [-0.25, -0.2) is 0 Å². The molecule has 4 heteroatoms. The highest BCUT2D eigenvalue weighted by molar-refractivity contribution is 6.30. The number of halogens is 4. The fourth-order valence-electron chi connectivity index (χ4n) is 1.81. The Kier molecular flexibility index (Phi) is 3.35. The molecule has 0 unspecified atom stereocenters. The highest BCUT2D eigenvalue weighted by atomic mass is 35.5. The molecule has 0 nitrogen and oxygen atoms in total. The van der Waals surface area contributed by atoms with Gasteiger partial charge in [-0.05, 0) is 47.9 Å². The Morgan fingerprint density at radius 1 is 1.00 bits per heavy atom. The van der Waals surface area contributed by atoms with Crippen LogP contribution in [-0.2, 0) is 6.18 Å². The minimum atomic E-state index is -4.32. The van der Waals surface area contributed by atoms with Gasteiger partial charge in [0.1, 0.15) is 0 Å². The summed E-state index contributed by atoms with van der Waals surface area (Å²) >= 11 is 5.83. The van der Waals surface area contributed by atoms with Gasteiger partial charge in [0.2, 0.25) is 0 Å². The van der Waals surface area contributed by atoms with Crippen molar-refractivity contribution in [1.82, 2.24) is 0 Å². The van der Waals surface area contributed by atoms with Crippen molar-refractivity contribution in [2.75, 3.05) is 0 Å². The smallest absolute Gasteiger partial charge is 0.166 e. The zero-order chi connectivity index (χ0) is 13.3. The first kappa shape index (κ1) is 13.0. The van der Waals surface area contributed by atoms with Crippen LogP contribution in [-0.4, -0.2) is 0 Å². The van der Waals surface area contributed by atoms with Crippen LogP contribution in [0, 0.1) is 6.92 Å². The van der Waals surface area contributed by atoms with Gasteiger partial charge in [-0.2, -0.15) is 13.2 Å². The lowest BCUT2D eigenvalue weighted by Gasteiger charge is -2.10. The van der Waals surface area contributed by atoms with Gasteiger partial charge in [0.05, 0.1) is 5.56 Å². The normalized spacial score (nSPS) is 11.6. The van der Waals surface area contributed by atoms with Crippen molar-refractivity contribution in [3.05, 3.63) is 58.6 Å². The molecular formula is C14H10ClF3. The molecule has 0 aromatic heterocycles. The third-order valence-electron chi connectivity index (χ3n) is 2.69. The second kappa shape index (κ2) is 4.65. The molecule has 0 radical (unpaired) electrons. The summed E-state index contributed by atoms with van der Waals surface area (Å²) in [5.74, 6) is 0. The fourth-order valence-corrected chi connectivity index (χ4v) is 2.04. The molecule has 2 aromatic rings. The predicted octanol–water partition coefficient (Wildman–Crippen LogP) is 5.33. The molecular weight excluding hydrogens is 261 g/mol. The number of hydrogen-bond acceptors (Lipinski definition) is 0. The molecule has 0 amide bonds. The number of aryl methyl sites for hydroxylation is 1. The van der Waals surface area contributed by atoms with Crippen molar-refractivity contribution in [2.45, 2.75) is 13.1 Å². The Morgan fingerprint density at radius 2 is 1.72 bits per heavy atom. The molecule has 0 saturated heterocycles. The molecule has 2 rings (SSSR count). The molecule has 0 spiro atoms. The maximum Gasteiger partial charge on any atom is 0.416 e. The average molecular weight is 271 g/mol. The van der Waals surface area contributed by atoms with Crippen LogP contribution in [0.4, 0.5) is 13.2 Å². The van der Waals surface area contributed by atoms with Gasteiger partial charge in [-0.15, -0.1) is 0 Å². The molecule has 18 heavy (non-hydrogen) atoms. The first-order chi connectivity index (χ1) is 8.38. The fraction of sp³-hybridized carbons (Fsp3) is 0.143. The summed E-state index contributed by atoms with van der Waals surface area (Å²) in [4.78, 5) is 0. The second-order valence-corrected chi connectivity index (χ2v) is 4.47. The lowest BCUT2D eigenvalue weighted by atomic mass is 9.99. The van der Waals surface area contributed by atoms with E-state index in [-0.39, 0.29) is 0 Å². The largest absolute Gasteiger partial charge is 0.416 e. The van der Waals surface area contributed by atoms with Crippen molar-refractivity contribution in [1.29, 1.82) is 0 Å². The van der Waals surface area contributed by atoms with Gasteiger partial charge >= 0.3 is 6.18 Å². The van der Waals surface area contributed by atoms with E-state index < -0.39 is 11.7 Å². The first-order valence-electron chi connectivity index (χ1n) is 5.32. The highest BCUT2D eigenvalue weighted by Crippen LogP contribution is 2.33. The van der Waals surface area contributed by atoms with Crippen LogP contribution in [0.2, 0.25) is 5.02 Å². The third-order valence-corrected chi connectivity index (χ3v) is 2.92. The molecule has 0 N–H and O–H groups in total. The lowest BCUT2D eigenvalue weighted by Crippen LogP contribution is -2.04. The Balaban J connectivity index is 2.51. The van der Waals surface area contributed by atoms with Crippen molar-refractivity contribution in [3.8, 4) is 11.1 Å². The minimum Gasteiger partial charge on any atom is -0.166 e. The zero-order valence-corrected chi connectivity index (χ0v) is 10.3. The van der Waals surface area contributed by atoms with E-state index in [0.29, 0.717) is 10.6 Å². The Labute approximate surface area is 108 Å². The van der Waals surface area contributed by atoms with E-state index >= 15 is 0 Å². The molecule has 0 aliphatic heterocycles. The lowest BCUT2D eigenvalue weighted by molar-refractivity contribution is -0.137. The molecule has 0 bridgehead atoms. The second-order valence-electron chi connectivity index (χ2n) is 4.04. The summed E-state index contributed by atoms with van der Waals surface area (Å²) in [5, 5.41) is 0.572. The van der Waals surface area contributed by atoms with Gasteiger partial charge in [-0.3, -0.25) is 0 Å². The van der Waals surface area contributed by atoms with Crippen LogP contribution in [0.1, 0.15) is 11.1 Å². The zero-order valence-electron chi connectivity index (χ0n) is 9.55. The topological polar surface area (TPSA) is 0 Å². The average Bonchev–Trinajstić information content (AvgIpc) is 2.28. The van der Waals surface area contributed by atoms with E-state index in [1.54, 1.807) is 24.3 Å². The summed E-state index contributed by atoms with van der Waals surface area (Å²) in [6, 6.07) is 10.4. The number of benzene rings is 2.